The first kappa shape index (κ1) is 59.4. The molecule has 0 saturated heterocycles. The second kappa shape index (κ2) is 47.9. The van der Waals surface area contributed by atoms with Gasteiger partial charge in [0.2, 0.25) is 0 Å². The fourth-order valence-electron chi connectivity index (χ4n) is 8.31. The number of esters is 3. The van der Waals surface area contributed by atoms with E-state index in [0.717, 1.165) is 69.6 Å². The first-order chi connectivity index (χ1) is 29.8. The van der Waals surface area contributed by atoms with Crippen LogP contribution in [0.4, 0.5) is 0 Å². The Balaban J connectivity index is 4.25. The number of carbonyl (C=O) groups excluding carboxylic acids is 3. The van der Waals surface area contributed by atoms with E-state index in [1.807, 2.05) is 0 Å². The molecule has 0 fully saturated rings. The van der Waals surface area contributed by atoms with Crippen molar-refractivity contribution in [2.24, 2.45) is 11.8 Å². The summed E-state index contributed by atoms with van der Waals surface area (Å²) in [6, 6.07) is 0. The summed E-state index contributed by atoms with van der Waals surface area (Å²) < 4.78 is 16.8. The van der Waals surface area contributed by atoms with Gasteiger partial charge < -0.3 is 14.2 Å². The molecule has 0 bridgehead atoms. The van der Waals surface area contributed by atoms with Crippen molar-refractivity contribution in [1.82, 2.24) is 0 Å². The van der Waals surface area contributed by atoms with Crippen molar-refractivity contribution in [3.63, 3.8) is 0 Å². The molecule has 0 N–H and O–H groups in total. The summed E-state index contributed by atoms with van der Waals surface area (Å²) in [4.78, 5) is 38.0. The molecule has 6 heteroatoms. The van der Waals surface area contributed by atoms with Crippen LogP contribution in [0.1, 0.15) is 304 Å². The largest absolute Gasteiger partial charge is 0.462 e. The van der Waals surface area contributed by atoms with Gasteiger partial charge in [0.05, 0.1) is 0 Å². The van der Waals surface area contributed by atoms with E-state index in [1.54, 1.807) is 0 Å². The molecule has 0 rings (SSSR count). The molecule has 0 aliphatic carbocycles. The zero-order valence-corrected chi connectivity index (χ0v) is 41.8. The Bertz CT molecular complexity index is 933. The van der Waals surface area contributed by atoms with Crippen LogP contribution in [0.2, 0.25) is 0 Å². The predicted octanol–water partition coefficient (Wildman–Crippen LogP) is 17.7. The van der Waals surface area contributed by atoms with Gasteiger partial charge in [-0.1, -0.05) is 266 Å². The van der Waals surface area contributed by atoms with E-state index in [4.69, 9.17) is 14.2 Å². The molecule has 0 heterocycles. The number of unbranched alkanes of at least 4 members (excludes halogenated alkanes) is 33. The van der Waals surface area contributed by atoms with Crippen LogP contribution in [0.5, 0.6) is 0 Å². The van der Waals surface area contributed by atoms with Crippen molar-refractivity contribution in [3.05, 3.63) is 0 Å². The average molecular weight is 863 g/mol. The van der Waals surface area contributed by atoms with E-state index in [2.05, 4.69) is 34.6 Å². The molecular formula is C55H106O6. The smallest absolute Gasteiger partial charge is 0.306 e. The molecule has 0 saturated carbocycles. The summed E-state index contributed by atoms with van der Waals surface area (Å²) in [5.74, 6) is 0.808. The van der Waals surface area contributed by atoms with E-state index in [-0.39, 0.29) is 31.1 Å². The molecule has 61 heavy (non-hydrogen) atoms. The normalized spacial score (nSPS) is 12.5. The lowest BCUT2D eigenvalue weighted by Crippen LogP contribution is -2.30. The predicted molar refractivity (Wildman–Crippen MR) is 261 cm³/mol. The molecule has 1 unspecified atom stereocenters. The zero-order valence-electron chi connectivity index (χ0n) is 41.8. The van der Waals surface area contributed by atoms with Crippen LogP contribution in [0, 0.1) is 11.8 Å². The Morgan fingerprint density at radius 1 is 0.344 bits per heavy atom. The maximum Gasteiger partial charge on any atom is 0.306 e. The Labute approximate surface area is 380 Å². The highest BCUT2D eigenvalue weighted by Gasteiger charge is 2.19. The number of rotatable bonds is 49. The van der Waals surface area contributed by atoms with Gasteiger partial charge in [-0.05, 0) is 31.1 Å². The summed E-state index contributed by atoms with van der Waals surface area (Å²) in [5.41, 5.74) is 0. The summed E-state index contributed by atoms with van der Waals surface area (Å²) in [5, 5.41) is 0. The van der Waals surface area contributed by atoms with Crippen molar-refractivity contribution in [2.75, 3.05) is 13.2 Å². The van der Waals surface area contributed by atoms with Gasteiger partial charge in [-0.15, -0.1) is 0 Å². The first-order valence-corrected chi connectivity index (χ1v) is 27.3. The lowest BCUT2D eigenvalue weighted by atomic mass is 9.99. The van der Waals surface area contributed by atoms with Crippen molar-refractivity contribution < 1.29 is 28.6 Å². The molecule has 0 amide bonds. The second-order valence-corrected chi connectivity index (χ2v) is 19.6. The molecular weight excluding hydrogens is 757 g/mol. The second-order valence-electron chi connectivity index (χ2n) is 19.6. The lowest BCUT2D eigenvalue weighted by Gasteiger charge is -2.18. The quantitative estimate of drug-likeness (QED) is 0.0344. The van der Waals surface area contributed by atoms with Crippen LogP contribution in [-0.4, -0.2) is 37.2 Å². The highest BCUT2D eigenvalue weighted by atomic mass is 16.6. The summed E-state index contributed by atoms with van der Waals surface area (Å²) in [7, 11) is 0. The van der Waals surface area contributed by atoms with E-state index in [1.165, 1.54) is 193 Å². The molecule has 6 nitrogen and oxygen atoms in total. The third kappa shape index (κ3) is 47.7. The summed E-state index contributed by atoms with van der Waals surface area (Å²) >= 11 is 0. The zero-order chi connectivity index (χ0) is 44.7. The number of hydrogen-bond acceptors (Lipinski definition) is 6. The highest BCUT2D eigenvalue weighted by Crippen LogP contribution is 2.18. The molecule has 362 valence electrons. The standard InChI is InChI=1S/C55H106O6/c1-6-8-9-10-11-12-13-14-15-16-20-23-26-29-35-40-45-53(56)59-48-52(49-60-54(57)46-41-36-32-31-33-38-43-50(3)4)61-55(58)47-42-37-30-27-24-21-18-17-19-22-25-28-34-39-44-51(5)7-2/h50-52H,6-49H2,1-5H3/t51?,52-/m0/s1. The minimum Gasteiger partial charge on any atom is -0.462 e. The fraction of sp³-hybridized carbons (Fsp3) is 0.945. The molecule has 0 aliphatic heterocycles. The van der Waals surface area contributed by atoms with Gasteiger partial charge in [-0.3, -0.25) is 14.4 Å². The van der Waals surface area contributed by atoms with E-state index >= 15 is 0 Å². The van der Waals surface area contributed by atoms with Crippen LogP contribution < -0.4 is 0 Å². The third-order valence-corrected chi connectivity index (χ3v) is 12.8. The SMILES string of the molecule is CCCCCCCCCCCCCCCCCCC(=O)OC[C@@H](COC(=O)CCCCCCCCC(C)C)OC(=O)CCCCCCCCCCCCCCCCC(C)CC. The molecule has 0 aliphatic rings. The van der Waals surface area contributed by atoms with Gasteiger partial charge in [-0.2, -0.15) is 0 Å². The van der Waals surface area contributed by atoms with Gasteiger partial charge >= 0.3 is 17.9 Å². The Morgan fingerprint density at radius 3 is 0.934 bits per heavy atom. The molecule has 0 radical (unpaired) electrons. The molecule has 0 aromatic heterocycles. The van der Waals surface area contributed by atoms with Gasteiger partial charge in [0.15, 0.2) is 6.10 Å². The highest BCUT2D eigenvalue weighted by molar-refractivity contribution is 5.71. The average Bonchev–Trinajstić information content (AvgIpc) is 3.24. The van der Waals surface area contributed by atoms with Crippen LogP contribution in [0.3, 0.4) is 0 Å². The molecule has 2 atom stereocenters. The van der Waals surface area contributed by atoms with Gasteiger partial charge in [-0.25, -0.2) is 0 Å². The van der Waals surface area contributed by atoms with E-state index < -0.39 is 6.10 Å². The third-order valence-electron chi connectivity index (χ3n) is 12.8. The van der Waals surface area contributed by atoms with E-state index in [9.17, 15) is 14.4 Å². The summed E-state index contributed by atoms with van der Waals surface area (Å²) in [6.45, 7) is 11.4. The van der Waals surface area contributed by atoms with Crippen LogP contribution in [0.15, 0.2) is 0 Å². The topological polar surface area (TPSA) is 78.9 Å². The lowest BCUT2D eigenvalue weighted by molar-refractivity contribution is -0.167. The van der Waals surface area contributed by atoms with E-state index in [0.29, 0.717) is 19.3 Å². The van der Waals surface area contributed by atoms with Crippen LogP contribution in [-0.2, 0) is 28.6 Å². The first-order valence-electron chi connectivity index (χ1n) is 27.3. The molecule has 0 spiro atoms. The van der Waals surface area contributed by atoms with Crippen LogP contribution >= 0.6 is 0 Å². The van der Waals surface area contributed by atoms with Gasteiger partial charge in [0.25, 0.3) is 0 Å². The minimum atomic E-state index is -0.762. The Hall–Kier alpha value is -1.59. The fourth-order valence-corrected chi connectivity index (χ4v) is 8.31. The van der Waals surface area contributed by atoms with Gasteiger partial charge in [0.1, 0.15) is 13.2 Å². The number of hydrogen-bond donors (Lipinski definition) is 0. The van der Waals surface area contributed by atoms with Crippen molar-refractivity contribution in [2.45, 2.75) is 310 Å². The van der Waals surface area contributed by atoms with Crippen molar-refractivity contribution in [1.29, 1.82) is 0 Å². The van der Waals surface area contributed by atoms with Crippen molar-refractivity contribution >= 4 is 17.9 Å². The molecule has 0 aromatic carbocycles. The maximum absolute atomic E-state index is 12.8. The monoisotopic (exact) mass is 863 g/mol. The minimum absolute atomic E-state index is 0.0640. The maximum atomic E-state index is 12.8. The van der Waals surface area contributed by atoms with Gasteiger partial charge in [0, 0.05) is 19.3 Å². The van der Waals surface area contributed by atoms with Crippen molar-refractivity contribution in [3.8, 4) is 0 Å². The molecule has 0 aromatic rings. The number of carbonyl (C=O) groups is 3. The summed E-state index contributed by atoms with van der Waals surface area (Å²) in [6.07, 6.45) is 49.6. The number of ether oxygens (including phenoxy) is 3. The van der Waals surface area contributed by atoms with Crippen LogP contribution in [0.25, 0.3) is 0 Å². The Morgan fingerprint density at radius 2 is 0.623 bits per heavy atom. The Kier molecular flexibility index (Phi) is 46.6.